The van der Waals surface area contributed by atoms with E-state index in [1.807, 2.05) is 11.8 Å². The monoisotopic (exact) mass is 423 g/mol. The van der Waals surface area contributed by atoms with Gasteiger partial charge in [0.15, 0.2) is 0 Å². The van der Waals surface area contributed by atoms with Crippen LogP contribution in [0.4, 0.5) is 0 Å². The second kappa shape index (κ2) is 10.3. The van der Waals surface area contributed by atoms with Crippen LogP contribution in [0.3, 0.4) is 0 Å². The lowest BCUT2D eigenvalue weighted by Crippen LogP contribution is -2.50. The summed E-state index contributed by atoms with van der Waals surface area (Å²) in [4.78, 5) is 22.5. The van der Waals surface area contributed by atoms with Crippen molar-refractivity contribution in [2.24, 2.45) is 4.99 Å². The molecule has 0 atom stereocenters. The molecule has 1 aromatic rings. The summed E-state index contributed by atoms with van der Waals surface area (Å²) < 4.78 is 0. The molecule has 0 radical (unpaired) electrons. The van der Waals surface area contributed by atoms with Crippen LogP contribution in [0.1, 0.15) is 50.2 Å². The molecule has 168 valence electrons. The summed E-state index contributed by atoms with van der Waals surface area (Å²) in [7, 11) is 0. The SMILES string of the molecule is CC1=C(C(=O)N2CCC(N3CCCCC3)CC2)NCN=C1NCCc1ccc(C)cc1. The van der Waals surface area contributed by atoms with Crippen molar-refractivity contribution in [2.75, 3.05) is 39.4 Å². The molecule has 2 saturated heterocycles. The van der Waals surface area contributed by atoms with E-state index in [1.165, 1.54) is 43.5 Å². The van der Waals surface area contributed by atoms with Crippen LogP contribution in [0.2, 0.25) is 0 Å². The third kappa shape index (κ3) is 5.48. The van der Waals surface area contributed by atoms with Crippen LogP contribution in [-0.4, -0.2) is 67.0 Å². The van der Waals surface area contributed by atoms with Gasteiger partial charge in [-0.15, -0.1) is 0 Å². The van der Waals surface area contributed by atoms with Gasteiger partial charge in [0, 0.05) is 31.2 Å². The first-order chi connectivity index (χ1) is 15.1. The van der Waals surface area contributed by atoms with Crippen LogP contribution in [0.15, 0.2) is 40.5 Å². The molecule has 2 fully saturated rings. The number of hydrogen-bond donors (Lipinski definition) is 2. The van der Waals surface area contributed by atoms with E-state index in [1.54, 1.807) is 0 Å². The van der Waals surface area contributed by atoms with Crippen LogP contribution < -0.4 is 10.6 Å². The van der Waals surface area contributed by atoms with Crippen molar-refractivity contribution in [1.29, 1.82) is 0 Å². The lowest BCUT2D eigenvalue weighted by atomic mass is 9.99. The number of carbonyl (C=O) groups is 1. The zero-order valence-electron chi connectivity index (χ0n) is 19.1. The van der Waals surface area contributed by atoms with E-state index < -0.39 is 0 Å². The van der Waals surface area contributed by atoms with E-state index in [2.05, 4.69) is 51.7 Å². The molecule has 2 N–H and O–H groups in total. The average molecular weight is 424 g/mol. The van der Waals surface area contributed by atoms with Crippen molar-refractivity contribution in [3.63, 3.8) is 0 Å². The number of likely N-dealkylation sites (tertiary alicyclic amines) is 2. The van der Waals surface area contributed by atoms with E-state index in [-0.39, 0.29) is 5.91 Å². The summed E-state index contributed by atoms with van der Waals surface area (Å²) in [6, 6.07) is 9.29. The summed E-state index contributed by atoms with van der Waals surface area (Å²) in [6.45, 7) is 9.54. The normalized spacial score (nSPS) is 21.0. The molecule has 3 aliphatic heterocycles. The van der Waals surface area contributed by atoms with Crippen molar-refractivity contribution >= 4 is 11.7 Å². The van der Waals surface area contributed by atoms with Gasteiger partial charge in [0.2, 0.25) is 0 Å². The fraction of sp³-hybridized carbons (Fsp3) is 0.600. The largest absolute Gasteiger partial charge is 0.370 e. The first kappa shape index (κ1) is 21.9. The maximum absolute atomic E-state index is 13.2. The smallest absolute Gasteiger partial charge is 0.270 e. The third-order valence-electron chi connectivity index (χ3n) is 6.92. The van der Waals surface area contributed by atoms with Gasteiger partial charge in [-0.3, -0.25) is 4.79 Å². The quantitative estimate of drug-likeness (QED) is 0.765. The van der Waals surface area contributed by atoms with E-state index in [9.17, 15) is 4.79 Å². The molecule has 31 heavy (non-hydrogen) atoms. The van der Waals surface area contributed by atoms with Crippen molar-refractivity contribution in [1.82, 2.24) is 20.4 Å². The molecular formula is C25H37N5O. The van der Waals surface area contributed by atoms with E-state index in [0.717, 1.165) is 50.3 Å². The Morgan fingerprint density at radius 3 is 2.48 bits per heavy atom. The fourth-order valence-corrected chi connectivity index (χ4v) is 4.95. The second-order valence-electron chi connectivity index (χ2n) is 9.12. The van der Waals surface area contributed by atoms with E-state index >= 15 is 0 Å². The number of nitrogens with zero attached hydrogens (tertiary/aromatic N) is 3. The second-order valence-corrected chi connectivity index (χ2v) is 9.12. The third-order valence-corrected chi connectivity index (χ3v) is 6.92. The number of benzene rings is 1. The number of nitrogens with one attached hydrogen (secondary N) is 2. The Labute approximate surface area is 186 Å². The zero-order chi connectivity index (χ0) is 21.6. The topological polar surface area (TPSA) is 60.0 Å². The summed E-state index contributed by atoms with van der Waals surface area (Å²) >= 11 is 0. The fourth-order valence-electron chi connectivity index (χ4n) is 4.95. The first-order valence-corrected chi connectivity index (χ1v) is 11.9. The van der Waals surface area contributed by atoms with Gasteiger partial charge in [0.1, 0.15) is 18.2 Å². The standard InChI is InChI=1S/C25H37N5O/c1-19-6-8-21(9-7-19)10-13-26-24-20(2)23(27-18-28-24)25(31)30-16-11-22(12-17-30)29-14-4-3-5-15-29/h6-9,22,27H,3-5,10-18H2,1-2H3,(H,26,28). The lowest BCUT2D eigenvalue weighted by Gasteiger charge is -2.40. The van der Waals surface area contributed by atoms with Gasteiger partial charge >= 0.3 is 0 Å². The Morgan fingerprint density at radius 1 is 1.06 bits per heavy atom. The Kier molecular flexibility index (Phi) is 7.28. The molecule has 6 heteroatoms. The van der Waals surface area contributed by atoms with Crippen LogP contribution >= 0.6 is 0 Å². The Balaban J connectivity index is 1.30. The molecular weight excluding hydrogens is 386 g/mol. The number of hydrogen-bond acceptors (Lipinski definition) is 5. The molecule has 0 aliphatic carbocycles. The maximum Gasteiger partial charge on any atom is 0.270 e. The van der Waals surface area contributed by atoms with Crippen LogP contribution in [0.25, 0.3) is 0 Å². The van der Waals surface area contributed by atoms with Gasteiger partial charge < -0.3 is 20.4 Å². The molecule has 0 spiro atoms. The highest BCUT2D eigenvalue weighted by Gasteiger charge is 2.30. The molecule has 0 unspecified atom stereocenters. The molecule has 0 aromatic heterocycles. The Hall–Kier alpha value is -2.34. The van der Waals surface area contributed by atoms with E-state index in [0.29, 0.717) is 18.4 Å². The number of aliphatic imine (C=N–C) groups is 1. The number of amides is 1. The molecule has 1 aromatic carbocycles. The first-order valence-electron chi connectivity index (χ1n) is 11.9. The van der Waals surface area contributed by atoms with Crippen LogP contribution in [0, 0.1) is 6.92 Å². The number of aryl methyl sites for hydroxylation is 1. The van der Waals surface area contributed by atoms with Crippen molar-refractivity contribution in [3.05, 3.63) is 46.7 Å². The van der Waals surface area contributed by atoms with Gasteiger partial charge in [0.25, 0.3) is 5.91 Å². The average Bonchev–Trinajstić information content (AvgIpc) is 2.82. The molecule has 6 nitrogen and oxygen atoms in total. The summed E-state index contributed by atoms with van der Waals surface area (Å²) in [5.74, 6) is 0.972. The highest BCUT2D eigenvalue weighted by molar-refractivity contribution is 6.07. The minimum atomic E-state index is 0.127. The van der Waals surface area contributed by atoms with Gasteiger partial charge in [0.05, 0.1) is 0 Å². The van der Waals surface area contributed by atoms with Gasteiger partial charge in [-0.25, -0.2) is 4.99 Å². The summed E-state index contributed by atoms with van der Waals surface area (Å²) in [5, 5.41) is 6.68. The highest BCUT2D eigenvalue weighted by Crippen LogP contribution is 2.22. The number of carbonyl (C=O) groups excluding carboxylic acids is 1. The molecule has 3 heterocycles. The summed E-state index contributed by atoms with van der Waals surface area (Å²) in [6.07, 6.45) is 7.15. The van der Waals surface area contributed by atoms with Gasteiger partial charge in [-0.2, -0.15) is 0 Å². The maximum atomic E-state index is 13.2. The number of piperidine rings is 2. The highest BCUT2D eigenvalue weighted by atomic mass is 16.2. The molecule has 0 bridgehead atoms. The molecule has 1 amide bonds. The van der Waals surface area contributed by atoms with Crippen LogP contribution in [-0.2, 0) is 11.2 Å². The predicted octanol–water partition coefficient (Wildman–Crippen LogP) is 2.84. The van der Waals surface area contributed by atoms with Crippen molar-refractivity contribution < 1.29 is 4.79 Å². The minimum absolute atomic E-state index is 0.127. The van der Waals surface area contributed by atoms with Gasteiger partial charge in [-0.05, 0) is 64.6 Å². The Bertz CT molecular complexity index is 815. The van der Waals surface area contributed by atoms with Gasteiger partial charge in [-0.1, -0.05) is 36.2 Å². The van der Waals surface area contributed by atoms with Crippen molar-refractivity contribution in [3.8, 4) is 0 Å². The van der Waals surface area contributed by atoms with Crippen molar-refractivity contribution in [2.45, 2.75) is 58.4 Å². The number of amidine groups is 1. The van der Waals surface area contributed by atoms with E-state index in [4.69, 9.17) is 0 Å². The lowest BCUT2D eigenvalue weighted by molar-refractivity contribution is -0.129. The molecule has 4 rings (SSSR count). The summed E-state index contributed by atoms with van der Waals surface area (Å²) in [5.41, 5.74) is 4.23. The zero-order valence-corrected chi connectivity index (χ0v) is 19.1. The van der Waals surface area contributed by atoms with Crippen LogP contribution in [0.5, 0.6) is 0 Å². The molecule has 0 saturated carbocycles. The molecule has 3 aliphatic rings. The number of rotatable bonds is 5. The minimum Gasteiger partial charge on any atom is -0.370 e. The Morgan fingerprint density at radius 2 is 1.77 bits per heavy atom. The predicted molar refractivity (Wildman–Crippen MR) is 126 cm³/mol.